The van der Waals surface area contributed by atoms with Crippen LogP contribution in [0.1, 0.15) is 5.56 Å². The van der Waals surface area contributed by atoms with Gasteiger partial charge in [0.15, 0.2) is 6.67 Å². The molecule has 70 valence electrons. The third kappa shape index (κ3) is 1.63. The lowest BCUT2D eigenvalue weighted by atomic mass is 10.1. The molecule has 0 saturated heterocycles. The van der Waals surface area contributed by atoms with Gasteiger partial charge in [-0.05, 0) is 12.1 Å². The molecule has 1 aromatic rings. The van der Waals surface area contributed by atoms with E-state index in [1.165, 1.54) is 24.3 Å². The Balaban J connectivity index is 3.11. The molecule has 0 spiro atoms. The molecule has 0 aromatic heterocycles. The Morgan fingerprint density at radius 2 is 1.92 bits per heavy atom. The minimum atomic E-state index is -3.11. The van der Waals surface area contributed by atoms with Gasteiger partial charge in [0.05, 0.1) is 10.5 Å². The zero-order valence-electron chi connectivity index (χ0n) is 6.61. The number of nitro groups is 1. The molecule has 0 radical (unpaired) electrons. The van der Waals surface area contributed by atoms with Gasteiger partial charge in [-0.2, -0.15) is 4.39 Å². The molecule has 0 aliphatic carbocycles. The summed E-state index contributed by atoms with van der Waals surface area (Å²) in [5.41, 5.74) is -0.275. The average molecular weight is 187 g/mol. The highest BCUT2D eigenvalue weighted by Crippen LogP contribution is 2.26. The number of rotatable bonds is 3. The van der Waals surface area contributed by atoms with E-state index in [2.05, 4.69) is 0 Å². The van der Waals surface area contributed by atoms with Gasteiger partial charge in [0.25, 0.3) is 0 Å². The van der Waals surface area contributed by atoms with E-state index in [4.69, 9.17) is 0 Å². The molecule has 1 rings (SSSR count). The van der Waals surface area contributed by atoms with Crippen LogP contribution in [0.25, 0.3) is 0 Å². The highest BCUT2D eigenvalue weighted by atomic mass is 19.2. The van der Waals surface area contributed by atoms with E-state index in [1.807, 2.05) is 0 Å². The van der Waals surface area contributed by atoms with Crippen molar-refractivity contribution >= 4 is 0 Å². The van der Waals surface area contributed by atoms with Crippen molar-refractivity contribution in [3.8, 4) is 0 Å². The van der Waals surface area contributed by atoms with Crippen molar-refractivity contribution in [2.75, 3.05) is 6.67 Å². The lowest BCUT2D eigenvalue weighted by Crippen LogP contribution is -2.32. The lowest BCUT2D eigenvalue weighted by Gasteiger charge is -2.12. The van der Waals surface area contributed by atoms with Gasteiger partial charge >= 0.3 is 5.79 Å². The van der Waals surface area contributed by atoms with Gasteiger partial charge in [0.2, 0.25) is 0 Å². The van der Waals surface area contributed by atoms with Crippen LogP contribution in [0.4, 0.5) is 8.78 Å². The number of hydrogen-bond donors (Lipinski definition) is 0. The van der Waals surface area contributed by atoms with Crippen molar-refractivity contribution in [1.29, 1.82) is 0 Å². The first-order valence-corrected chi connectivity index (χ1v) is 3.56. The van der Waals surface area contributed by atoms with Crippen molar-refractivity contribution in [3.05, 3.63) is 46.0 Å². The third-order valence-electron chi connectivity index (χ3n) is 1.68. The van der Waals surface area contributed by atoms with Crippen LogP contribution >= 0.6 is 0 Å². The fraction of sp³-hybridized carbons (Fsp3) is 0.250. The summed E-state index contributed by atoms with van der Waals surface area (Å²) < 4.78 is 25.5. The van der Waals surface area contributed by atoms with Crippen LogP contribution in [0, 0.1) is 10.1 Å². The molecule has 0 saturated carbocycles. The van der Waals surface area contributed by atoms with Crippen molar-refractivity contribution in [3.63, 3.8) is 0 Å². The van der Waals surface area contributed by atoms with Gasteiger partial charge in [-0.25, -0.2) is 4.39 Å². The third-order valence-corrected chi connectivity index (χ3v) is 1.68. The highest BCUT2D eigenvalue weighted by Gasteiger charge is 2.45. The first-order valence-electron chi connectivity index (χ1n) is 3.56. The molecule has 0 heterocycles. The minimum absolute atomic E-state index is 0.275. The molecular formula is C8H7F2NO2. The van der Waals surface area contributed by atoms with Gasteiger partial charge in [-0.1, -0.05) is 18.2 Å². The Kier molecular flexibility index (Phi) is 2.55. The molecule has 0 amide bonds. The molecule has 0 aliphatic rings. The van der Waals surface area contributed by atoms with Crippen LogP contribution in [-0.2, 0) is 5.79 Å². The molecule has 0 aliphatic heterocycles. The van der Waals surface area contributed by atoms with Crippen LogP contribution in [0.5, 0.6) is 0 Å². The van der Waals surface area contributed by atoms with Gasteiger partial charge in [-0.15, -0.1) is 0 Å². The number of benzene rings is 1. The van der Waals surface area contributed by atoms with E-state index in [0.29, 0.717) is 0 Å². The van der Waals surface area contributed by atoms with E-state index < -0.39 is 17.4 Å². The predicted octanol–water partition coefficient (Wildman–Crippen LogP) is 2.06. The van der Waals surface area contributed by atoms with Crippen molar-refractivity contribution in [1.82, 2.24) is 0 Å². The van der Waals surface area contributed by atoms with E-state index in [9.17, 15) is 18.9 Å². The summed E-state index contributed by atoms with van der Waals surface area (Å²) in [5.74, 6) is -3.11. The molecule has 0 N–H and O–H groups in total. The normalized spacial score (nSPS) is 14.9. The van der Waals surface area contributed by atoms with Gasteiger partial charge < -0.3 is 0 Å². The summed E-state index contributed by atoms with van der Waals surface area (Å²) in [4.78, 5) is 8.98. The summed E-state index contributed by atoms with van der Waals surface area (Å²) in [6.07, 6.45) is 0. The highest BCUT2D eigenvalue weighted by molar-refractivity contribution is 5.19. The summed E-state index contributed by atoms with van der Waals surface area (Å²) in [5, 5.41) is 10.2. The molecule has 1 unspecified atom stereocenters. The molecule has 5 heteroatoms. The maximum absolute atomic E-state index is 13.3. The minimum Gasteiger partial charge on any atom is -0.261 e. The predicted molar refractivity (Wildman–Crippen MR) is 42.2 cm³/mol. The number of nitrogens with zero attached hydrogens (tertiary/aromatic N) is 1. The first kappa shape index (κ1) is 9.57. The van der Waals surface area contributed by atoms with Crippen LogP contribution in [0.15, 0.2) is 30.3 Å². The largest absolute Gasteiger partial charge is 0.412 e. The lowest BCUT2D eigenvalue weighted by molar-refractivity contribution is -0.617. The monoisotopic (exact) mass is 187 g/mol. The van der Waals surface area contributed by atoms with Crippen LogP contribution < -0.4 is 0 Å². The van der Waals surface area contributed by atoms with Gasteiger partial charge in [-0.3, -0.25) is 10.1 Å². The summed E-state index contributed by atoms with van der Waals surface area (Å²) in [6.45, 7) is -1.66. The molecule has 3 nitrogen and oxygen atoms in total. The Hall–Kier alpha value is -1.52. The van der Waals surface area contributed by atoms with Crippen molar-refractivity contribution < 1.29 is 13.7 Å². The molecule has 1 atom stereocenters. The summed E-state index contributed by atoms with van der Waals surface area (Å²) in [7, 11) is 0. The average Bonchev–Trinajstić information content (AvgIpc) is 2.17. The second kappa shape index (κ2) is 3.47. The SMILES string of the molecule is O=[N+]([O-])C(F)(CF)c1ccccc1. The molecular weight excluding hydrogens is 180 g/mol. The second-order valence-corrected chi connectivity index (χ2v) is 2.52. The van der Waals surface area contributed by atoms with E-state index >= 15 is 0 Å². The van der Waals surface area contributed by atoms with Gasteiger partial charge in [0.1, 0.15) is 0 Å². The molecule has 0 bridgehead atoms. The van der Waals surface area contributed by atoms with Crippen molar-refractivity contribution in [2.24, 2.45) is 0 Å². The number of halogens is 2. The summed E-state index contributed by atoms with van der Waals surface area (Å²) in [6, 6.07) is 6.78. The molecule has 0 fully saturated rings. The van der Waals surface area contributed by atoms with E-state index in [1.54, 1.807) is 6.07 Å². The van der Waals surface area contributed by atoms with Crippen LogP contribution in [0.2, 0.25) is 0 Å². The standard InChI is InChI=1S/C8H7F2NO2/c9-6-8(10,11(12)13)7-4-2-1-3-5-7/h1-5H,6H2. The Morgan fingerprint density at radius 1 is 1.38 bits per heavy atom. The number of hydrogen-bond acceptors (Lipinski definition) is 2. The van der Waals surface area contributed by atoms with Crippen LogP contribution in [0.3, 0.4) is 0 Å². The Bertz CT molecular complexity index is 304. The van der Waals surface area contributed by atoms with E-state index in [-0.39, 0.29) is 5.56 Å². The van der Waals surface area contributed by atoms with Crippen molar-refractivity contribution in [2.45, 2.75) is 5.79 Å². The first-order chi connectivity index (χ1) is 6.11. The molecule has 13 heavy (non-hydrogen) atoms. The fourth-order valence-electron chi connectivity index (χ4n) is 0.925. The zero-order chi connectivity index (χ0) is 9.90. The quantitative estimate of drug-likeness (QED) is 0.413. The molecule has 1 aromatic carbocycles. The smallest absolute Gasteiger partial charge is 0.261 e. The van der Waals surface area contributed by atoms with E-state index in [0.717, 1.165) is 0 Å². The zero-order valence-corrected chi connectivity index (χ0v) is 6.61. The maximum atomic E-state index is 13.3. The number of alkyl halides is 2. The Labute approximate surface area is 73.1 Å². The summed E-state index contributed by atoms with van der Waals surface area (Å²) >= 11 is 0. The Morgan fingerprint density at radius 3 is 2.31 bits per heavy atom. The second-order valence-electron chi connectivity index (χ2n) is 2.52. The van der Waals surface area contributed by atoms with Gasteiger partial charge in [0, 0.05) is 0 Å². The topological polar surface area (TPSA) is 43.1 Å². The fourth-order valence-corrected chi connectivity index (χ4v) is 0.925. The van der Waals surface area contributed by atoms with Crippen LogP contribution in [-0.4, -0.2) is 11.6 Å². The maximum Gasteiger partial charge on any atom is 0.412 e.